The maximum Gasteiger partial charge on any atom is 0.334 e. The molecule has 0 aromatic heterocycles. The van der Waals surface area contributed by atoms with Crippen molar-refractivity contribution < 1.29 is 14.6 Å². The van der Waals surface area contributed by atoms with Crippen molar-refractivity contribution in [3.05, 3.63) is 35.9 Å². The van der Waals surface area contributed by atoms with Gasteiger partial charge in [-0.25, -0.2) is 4.79 Å². The maximum atomic E-state index is 10.9. The fourth-order valence-electron chi connectivity index (χ4n) is 1.99. The highest BCUT2D eigenvalue weighted by Crippen LogP contribution is 2.15. The molecule has 92 valence electrons. The molecule has 0 aliphatic carbocycles. The highest BCUT2D eigenvalue weighted by molar-refractivity contribution is 5.72. The van der Waals surface area contributed by atoms with Gasteiger partial charge < -0.3 is 9.84 Å². The van der Waals surface area contributed by atoms with Gasteiger partial charge in [0.25, 0.3) is 0 Å². The SMILES string of the molecule is CC1CO[C@H](C(=O)O)CN1Cc1ccccc1. The van der Waals surface area contributed by atoms with Crippen molar-refractivity contribution >= 4 is 5.97 Å². The van der Waals surface area contributed by atoms with E-state index in [0.717, 1.165) is 6.54 Å². The van der Waals surface area contributed by atoms with Gasteiger partial charge in [0.15, 0.2) is 6.10 Å². The van der Waals surface area contributed by atoms with Gasteiger partial charge in [-0.05, 0) is 12.5 Å². The minimum atomic E-state index is -0.880. The van der Waals surface area contributed by atoms with Crippen LogP contribution < -0.4 is 0 Å². The van der Waals surface area contributed by atoms with Gasteiger partial charge in [0.2, 0.25) is 0 Å². The van der Waals surface area contributed by atoms with Crippen LogP contribution in [0.1, 0.15) is 12.5 Å². The van der Waals surface area contributed by atoms with Gasteiger partial charge in [0.1, 0.15) is 0 Å². The smallest absolute Gasteiger partial charge is 0.334 e. The van der Waals surface area contributed by atoms with Crippen molar-refractivity contribution in [3.63, 3.8) is 0 Å². The summed E-state index contributed by atoms with van der Waals surface area (Å²) < 4.78 is 5.28. The molecule has 1 fully saturated rings. The molecule has 0 bridgehead atoms. The quantitative estimate of drug-likeness (QED) is 0.859. The molecule has 2 rings (SSSR count). The van der Waals surface area contributed by atoms with Gasteiger partial charge >= 0.3 is 5.97 Å². The number of hydrogen-bond acceptors (Lipinski definition) is 3. The normalized spacial score (nSPS) is 25.7. The number of nitrogens with zero attached hydrogens (tertiary/aromatic N) is 1. The lowest BCUT2D eigenvalue weighted by molar-refractivity contribution is -0.159. The van der Waals surface area contributed by atoms with Gasteiger partial charge in [-0.2, -0.15) is 0 Å². The van der Waals surface area contributed by atoms with Crippen molar-refractivity contribution in [2.45, 2.75) is 25.6 Å². The van der Waals surface area contributed by atoms with Crippen LogP contribution in [0.25, 0.3) is 0 Å². The highest BCUT2D eigenvalue weighted by Gasteiger charge is 2.30. The minimum Gasteiger partial charge on any atom is -0.479 e. The van der Waals surface area contributed by atoms with Crippen LogP contribution >= 0.6 is 0 Å². The molecule has 1 aliphatic heterocycles. The monoisotopic (exact) mass is 235 g/mol. The molecule has 0 amide bonds. The van der Waals surface area contributed by atoms with Gasteiger partial charge in [-0.1, -0.05) is 30.3 Å². The van der Waals surface area contributed by atoms with Gasteiger partial charge in [0, 0.05) is 19.1 Å². The molecule has 0 spiro atoms. The van der Waals surface area contributed by atoms with Crippen LogP contribution in [0, 0.1) is 0 Å². The molecule has 1 saturated heterocycles. The van der Waals surface area contributed by atoms with E-state index < -0.39 is 12.1 Å². The Kier molecular flexibility index (Phi) is 3.76. The molecule has 17 heavy (non-hydrogen) atoms. The second-order valence-corrected chi connectivity index (χ2v) is 4.42. The lowest BCUT2D eigenvalue weighted by Gasteiger charge is -2.36. The number of rotatable bonds is 3. The Hall–Kier alpha value is -1.39. The number of carboxylic acid groups (broad SMARTS) is 1. The lowest BCUT2D eigenvalue weighted by atomic mass is 10.1. The molecule has 1 unspecified atom stereocenters. The van der Waals surface area contributed by atoms with E-state index in [1.165, 1.54) is 5.56 Å². The summed E-state index contributed by atoms with van der Waals surface area (Å²) in [7, 11) is 0. The lowest BCUT2D eigenvalue weighted by Crippen LogP contribution is -2.50. The molecule has 1 aliphatic rings. The van der Waals surface area contributed by atoms with Crippen molar-refractivity contribution in [1.82, 2.24) is 4.90 Å². The van der Waals surface area contributed by atoms with E-state index in [9.17, 15) is 4.79 Å². The van der Waals surface area contributed by atoms with E-state index >= 15 is 0 Å². The summed E-state index contributed by atoms with van der Waals surface area (Å²) in [5, 5.41) is 8.96. The van der Waals surface area contributed by atoms with Crippen LogP contribution in [0.2, 0.25) is 0 Å². The number of benzene rings is 1. The molecule has 1 N–H and O–H groups in total. The fraction of sp³-hybridized carbons (Fsp3) is 0.462. The van der Waals surface area contributed by atoms with Crippen LogP contribution in [0.15, 0.2) is 30.3 Å². The van der Waals surface area contributed by atoms with Crippen LogP contribution in [0.3, 0.4) is 0 Å². The third kappa shape index (κ3) is 3.05. The van der Waals surface area contributed by atoms with Crippen molar-refractivity contribution in [1.29, 1.82) is 0 Å². The minimum absolute atomic E-state index is 0.255. The number of aliphatic carboxylic acids is 1. The predicted molar refractivity (Wildman–Crippen MR) is 63.7 cm³/mol. The average molecular weight is 235 g/mol. The second kappa shape index (κ2) is 5.29. The molecule has 0 radical (unpaired) electrons. The summed E-state index contributed by atoms with van der Waals surface area (Å²) in [4.78, 5) is 13.1. The van der Waals surface area contributed by atoms with Crippen LogP contribution in [-0.4, -0.2) is 41.3 Å². The number of ether oxygens (including phenoxy) is 1. The molecule has 0 saturated carbocycles. The second-order valence-electron chi connectivity index (χ2n) is 4.42. The Morgan fingerprint density at radius 1 is 1.47 bits per heavy atom. The van der Waals surface area contributed by atoms with Crippen molar-refractivity contribution in [3.8, 4) is 0 Å². The van der Waals surface area contributed by atoms with E-state index in [2.05, 4.69) is 24.0 Å². The van der Waals surface area contributed by atoms with E-state index in [-0.39, 0.29) is 6.04 Å². The van der Waals surface area contributed by atoms with Crippen LogP contribution in [0.4, 0.5) is 0 Å². The van der Waals surface area contributed by atoms with Crippen LogP contribution in [-0.2, 0) is 16.1 Å². The molecule has 4 heteroatoms. The Morgan fingerprint density at radius 2 is 2.18 bits per heavy atom. The van der Waals surface area contributed by atoms with E-state index in [0.29, 0.717) is 13.2 Å². The Labute approximate surface area is 101 Å². The standard InChI is InChI=1S/C13H17NO3/c1-10-9-17-12(13(15)16)8-14(10)7-11-5-3-2-4-6-11/h2-6,10,12H,7-9H2,1H3,(H,15,16)/t10?,12-/m0/s1. The molecular formula is C13H17NO3. The first kappa shape index (κ1) is 12.1. The Balaban J connectivity index is 2.01. The first-order valence-electron chi connectivity index (χ1n) is 5.79. The summed E-state index contributed by atoms with van der Waals surface area (Å²) in [6, 6.07) is 10.3. The molecule has 1 aromatic rings. The average Bonchev–Trinajstić information content (AvgIpc) is 2.33. The molecular weight excluding hydrogens is 218 g/mol. The number of hydrogen-bond donors (Lipinski definition) is 1. The zero-order valence-electron chi connectivity index (χ0n) is 9.87. The Morgan fingerprint density at radius 3 is 2.82 bits per heavy atom. The van der Waals surface area contributed by atoms with E-state index in [1.54, 1.807) is 0 Å². The zero-order chi connectivity index (χ0) is 12.3. The predicted octanol–water partition coefficient (Wildman–Crippen LogP) is 1.36. The molecule has 1 aromatic carbocycles. The zero-order valence-corrected chi connectivity index (χ0v) is 9.87. The number of carbonyl (C=O) groups is 1. The molecule has 1 heterocycles. The first-order chi connectivity index (χ1) is 8.16. The summed E-state index contributed by atoms with van der Waals surface area (Å²) in [6.45, 7) is 3.76. The van der Waals surface area contributed by atoms with Gasteiger partial charge in [-0.3, -0.25) is 4.90 Å². The summed E-state index contributed by atoms with van der Waals surface area (Å²) in [5.41, 5.74) is 1.20. The van der Waals surface area contributed by atoms with Gasteiger partial charge in [0.05, 0.1) is 6.61 Å². The fourth-order valence-corrected chi connectivity index (χ4v) is 1.99. The maximum absolute atomic E-state index is 10.9. The third-order valence-corrected chi connectivity index (χ3v) is 3.07. The molecule has 4 nitrogen and oxygen atoms in total. The van der Waals surface area contributed by atoms with E-state index in [4.69, 9.17) is 9.84 Å². The van der Waals surface area contributed by atoms with Crippen molar-refractivity contribution in [2.75, 3.05) is 13.2 Å². The van der Waals surface area contributed by atoms with Gasteiger partial charge in [-0.15, -0.1) is 0 Å². The summed E-state index contributed by atoms with van der Waals surface area (Å²) in [5.74, 6) is -0.880. The highest BCUT2D eigenvalue weighted by atomic mass is 16.5. The largest absolute Gasteiger partial charge is 0.479 e. The number of carboxylic acids is 1. The topological polar surface area (TPSA) is 49.8 Å². The Bertz CT molecular complexity index is 380. The first-order valence-corrected chi connectivity index (χ1v) is 5.79. The van der Waals surface area contributed by atoms with Crippen LogP contribution in [0.5, 0.6) is 0 Å². The van der Waals surface area contributed by atoms with E-state index in [1.807, 2.05) is 18.2 Å². The number of morpholine rings is 1. The summed E-state index contributed by atoms with van der Waals surface area (Å²) >= 11 is 0. The third-order valence-electron chi connectivity index (χ3n) is 3.07. The molecule has 2 atom stereocenters. The van der Waals surface area contributed by atoms with Crippen molar-refractivity contribution in [2.24, 2.45) is 0 Å². The summed E-state index contributed by atoms with van der Waals surface area (Å²) in [6.07, 6.45) is -0.699.